The number of hydrogen-bond acceptors (Lipinski definition) is 6. The Morgan fingerprint density at radius 1 is 1.17 bits per heavy atom. The Morgan fingerprint density at radius 2 is 1.97 bits per heavy atom. The number of carbonyl (C=O) groups is 1. The van der Waals surface area contributed by atoms with Gasteiger partial charge in [-0.3, -0.25) is 14.6 Å². The number of aromatic nitrogens is 4. The Hall–Kier alpha value is -3.85. The Balaban J connectivity index is 1.57. The number of carbonyl (C=O) groups excluding carboxylic acids is 1. The molecule has 0 radical (unpaired) electrons. The average Bonchev–Trinajstić information content (AvgIpc) is 3.14. The van der Waals surface area contributed by atoms with Crippen LogP contribution in [0.15, 0.2) is 70.6 Å². The van der Waals surface area contributed by atoms with Gasteiger partial charge in [0, 0.05) is 29.0 Å². The first-order chi connectivity index (χ1) is 14.5. The second kappa shape index (κ2) is 8.26. The molecule has 3 heterocycles. The first kappa shape index (κ1) is 19.5. The second-order valence-corrected chi connectivity index (χ2v) is 7.52. The van der Waals surface area contributed by atoms with Crippen molar-refractivity contribution in [3.63, 3.8) is 0 Å². The van der Waals surface area contributed by atoms with Crippen LogP contribution in [-0.4, -0.2) is 25.4 Å². The van der Waals surface area contributed by atoms with Gasteiger partial charge in [-0.2, -0.15) is 0 Å². The van der Waals surface area contributed by atoms with Crippen molar-refractivity contribution in [2.24, 2.45) is 0 Å². The number of pyridine rings is 1. The number of benzene rings is 1. The van der Waals surface area contributed by atoms with E-state index in [2.05, 4.69) is 20.3 Å². The molecule has 0 aliphatic heterocycles. The number of nitrogens with zero attached hydrogens (tertiary/aromatic N) is 3. The molecule has 0 atom stereocenters. The van der Waals surface area contributed by atoms with Crippen LogP contribution in [0.4, 0.5) is 0 Å². The fourth-order valence-corrected chi connectivity index (χ4v) is 3.90. The van der Waals surface area contributed by atoms with Gasteiger partial charge in [-0.1, -0.05) is 18.2 Å². The third kappa shape index (κ3) is 3.83. The van der Waals surface area contributed by atoms with Crippen LogP contribution in [0.5, 0.6) is 0 Å². The summed E-state index contributed by atoms with van der Waals surface area (Å²) >= 11 is 1.45. The summed E-state index contributed by atoms with van der Waals surface area (Å²) in [5.41, 5.74) is 0.643. The van der Waals surface area contributed by atoms with Gasteiger partial charge >= 0.3 is 5.69 Å². The quantitative estimate of drug-likeness (QED) is 0.516. The fourth-order valence-electron chi connectivity index (χ4n) is 2.91. The lowest BCUT2D eigenvalue weighted by Gasteiger charge is -2.07. The van der Waals surface area contributed by atoms with E-state index < -0.39 is 17.2 Å². The molecule has 4 rings (SSSR count). The largest absolute Gasteiger partial charge is 0.347 e. The Bertz CT molecular complexity index is 1310. The fraction of sp³-hybridized carbons (Fsp3) is 0.0952. The molecular formula is C21H17N5O3S. The molecule has 0 saturated carbocycles. The number of H-pyrrole nitrogens is 1. The lowest BCUT2D eigenvalue weighted by atomic mass is 10.2. The van der Waals surface area contributed by atoms with Gasteiger partial charge in [0.25, 0.3) is 11.5 Å². The van der Waals surface area contributed by atoms with Gasteiger partial charge in [0.2, 0.25) is 0 Å². The van der Waals surface area contributed by atoms with Crippen LogP contribution in [-0.2, 0) is 6.54 Å². The summed E-state index contributed by atoms with van der Waals surface area (Å²) in [4.78, 5) is 49.5. The molecule has 9 heteroatoms. The molecule has 8 nitrogen and oxygen atoms in total. The van der Waals surface area contributed by atoms with E-state index in [4.69, 9.17) is 0 Å². The molecule has 0 saturated heterocycles. The van der Waals surface area contributed by atoms with Crippen molar-refractivity contribution in [2.75, 3.05) is 0 Å². The number of para-hydroxylation sites is 1. The SMILES string of the molecule is Cc1nc(-c2cccnc2)sc1CNC(=O)c1c[nH]c(=O)n(-c2ccccc2)c1=O. The molecule has 4 aromatic rings. The van der Waals surface area contributed by atoms with E-state index in [0.717, 1.165) is 31.9 Å². The number of aryl methyl sites for hydroxylation is 1. The zero-order valence-electron chi connectivity index (χ0n) is 16.0. The summed E-state index contributed by atoms with van der Waals surface area (Å²) in [6, 6.07) is 12.2. The molecule has 0 spiro atoms. The summed E-state index contributed by atoms with van der Waals surface area (Å²) < 4.78 is 0.938. The molecule has 2 N–H and O–H groups in total. The smallest absolute Gasteiger partial charge is 0.333 e. The molecule has 30 heavy (non-hydrogen) atoms. The molecule has 0 aliphatic carbocycles. The molecule has 1 amide bonds. The first-order valence-electron chi connectivity index (χ1n) is 9.09. The van der Waals surface area contributed by atoms with Crippen molar-refractivity contribution in [2.45, 2.75) is 13.5 Å². The molecule has 0 unspecified atom stereocenters. The van der Waals surface area contributed by atoms with Crippen molar-refractivity contribution in [1.82, 2.24) is 24.8 Å². The maximum Gasteiger partial charge on any atom is 0.333 e. The molecule has 150 valence electrons. The Morgan fingerprint density at radius 3 is 2.70 bits per heavy atom. The van der Waals surface area contributed by atoms with Crippen LogP contribution in [0.2, 0.25) is 0 Å². The van der Waals surface area contributed by atoms with E-state index in [1.54, 1.807) is 42.7 Å². The van der Waals surface area contributed by atoms with E-state index in [9.17, 15) is 14.4 Å². The van der Waals surface area contributed by atoms with E-state index >= 15 is 0 Å². The first-order valence-corrected chi connectivity index (χ1v) is 9.91. The van der Waals surface area contributed by atoms with E-state index in [1.165, 1.54) is 11.3 Å². The summed E-state index contributed by atoms with van der Waals surface area (Å²) in [7, 11) is 0. The maximum atomic E-state index is 12.8. The van der Waals surface area contributed by atoms with E-state index in [0.29, 0.717) is 5.69 Å². The van der Waals surface area contributed by atoms with Crippen LogP contribution >= 0.6 is 11.3 Å². The summed E-state index contributed by atoms with van der Waals surface area (Å²) in [5, 5.41) is 3.55. The monoisotopic (exact) mass is 419 g/mol. The van der Waals surface area contributed by atoms with Crippen LogP contribution in [0, 0.1) is 6.92 Å². The van der Waals surface area contributed by atoms with Gasteiger partial charge in [0.05, 0.1) is 17.9 Å². The Kier molecular flexibility index (Phi) is 5.36. The zero-order valence-corrected chi connectivity index (χ0v) is 16.8. The highest BCUT2D eigenvalue weighted by Crippen LogP contribution is 2.27. The third-order valence-corrected chi connectivity index (χ3v) is 5.65. The highest BCUT2D eigenvalue weighted by Gasteiger charge is 2.17. The van der Waals surface area contributed by atoms with Crippen molar-refractivity contribution in [3.05, 3.63) is 98.0 Å². The molecular weight excluding hydrogens is 402 g/mol. The van der Waals surface area contributed by atoms with Gasteiger partial charge in [0.1, 0.15) is 10.6 Å². The predicted molar refractivity (Wildman–Crippen MR) is 114 cm³/mol. The number of hydrogen-bond donors (Lipinski definition) is 2. The number of aromatic amines is 1. The van der Waals surface area contributed by atoms with Crippen molar-refractivity contribution < 1.29 is 4.79 Å². The van der Waals surface area contributed by atoms with Gasteiger partial charge in [0.15, 0.2) is 0 Å². The molecule has 0 bridgehead atoms. The minimum absolute atomic E-state index is 0.145. The maximum absolute atomic E-state index is 12.8. The lowest BCUT2D eigenvalue weighted by molar-refractivity contribution is 0.0949. The van der Waals surface area contributed by atoms with E-state index in [1.807, 2.05) is 19.1 Å². The van der Waals surface area contributed by atoms with Crippen LogP contribution < -0.4 is 16.6 Å². The summed E-state index contributed by atoms with van der Waals surface area (Å²) in [6.45, 7) is 2.08. The van der Waals surface area contributed by atoms with Crippen LogP contribution in [0.3, 0.4) is 0 Å². The minimum Gasteiger partial charge on any atom is -0.347 e. The number of nitrogens with one attached hydrogen (secondary N) is 2. The zero-order chi connectivity index (χ0) is 21.1. The normalized spacial score (nSPS) is 10.7. The summed E-state index contributed by atoms with van der Waals surface area (Å²) in [6.07, 6.45) is 4.56. The van der Waals surface area contributed by atoms with Crippen molar-refractivity contribution in [3.8, 4) is 16.3 Å². The lowest BCUT2D eigenvalue weighted by Crippen LogP contribution is -2.39. The molecule has 0 fully saturated rings. The number of rotatable bonds is 5. The number of amides is 1. The highest BCUT2D eigenvalue weighted by molar-refractivity contribution is 7.15. The van der Waals surface area contributed by atoms with Crippen molar-refractivity contribution >= 4 is 17.2 Å². The van der Waals surface area contributed by atoms with Crippen LogP contribution in [0.1, 0.15) is 20.9 Å². The van der Waals surface area contributed by atoms with E-state index in [-0.39, 0.29) is 12.1 Å². The van der Waals surface area contributed by atoms with Crippen LogP contribution in [0.25, 0.3) is 16.3 Å². The molecule has 1 aromatic carbocycles. The van der Waals surface area contributed by atoms with Gasteiger partial charge in [-0.05, 0) is 31.2 Å². The third-order valence-electron chi connectivity index (χ3n) is 4.45. The standard InChI is InChI=1S/C21H17N5O3S/c1-13-17(30-19(25-13)14-6-5-9-22-10-14)12-23-18(27)16-11-24-21(29)26(20(16)28)15-7-3-2-4-8-15/h2-11H,12H2,1H3,(H,23,27)(H,24,29). The van der Waals surface area contributed by atoms with Gasteiger partial charge < -0.3 is 10.3 Å². The van der Waals surface area contributed by atoms with Crippen molar-refractivity contribution in [1.29, 1.82) is 0 Å². The minimum atomic E-state index is -0.681. The molecule has 3 aromatic heterocycles. The van der Waals surface area contributed by atoms with Gasteiger partial charge in [-0.25, -0.2) is 14.3 Å². The topological polar surface area (TPSA) is 110 Å². The summed E-state index contributed by atoms with van der Waals surface area (Å²) in [5.74, 6) is -0.573. The average molecular weight is 419 g/mol. The van der Waals surface area contributed by atoms with Gasteiger partial charge in [-0.15, -0.1) is 11.3 Å². The molecule has 0 aliphatic rings. The second-order valence-electron chi connectivity index (χ2n) is 6.44. The number of thiazole rings is 1. The highest BCUT2D eigenvalue weighted by atomic mass is 32.1. The Labute approximate surface area is 174 Å². The predicted octanol–water partition coefficient (Wildman–Crippen LogP) is 2.28.